The van der Waals surface area contributed by atoms with Crippen LogP contribution in [-0.2, 0) is 0 Å². The monoisotopic (exact) mass is 120 g/mol. The van der Waals surface area contributed by atoms with Crippen LogP contribution in [0.2, 0.25) is 12.1 Å². The maximum atomic E-state index is 8.83. The zero-order chi connectivity index (χ0) is 5.91. The molecule has 0 aromatic heterocycles. The molecule has 0 unspecified atom stereocenters. The summed E-state index contributed by atoms with van der Waals surface area (Å²) < 4.78 is 0. The van der Waals surface area contributed by atoms with E-state index in [9.17, 15) is 0 Å². The lowest BCUT2D eigenvalue weighted by molar-refractivity contribution is 0.362. The molecule has 0 radical (unpaired) electrons. The molecule has 0 fully saturated rings. The lowest BCUT2D eigenvalue weighted by Gasteiger charge is -2.10. The van der Waals surface area contributed by atoms with Crippen LogP contribution in [-0.4, -0.2) is 18.2 Å². The van der Waals surface area contributed by atoms with Crippen LogP contribution in [0.15, 0.2) is 0 Å². The topological polar surface area (TPSA) is 40.5 Å². The third kappa shape index (κ3) is 2.79. The molecule has 0 heterocycles. The van der Waals surface area contributed by atoms with Gasteiger partial charge in [0.1, 0.15) is 0 Å². The van der Waals surface area contributed by atoms with Crippen LogP contribution in [0.5, 0.6) is 0 Å². The first-order valence-electron chi connectivity index (χ1n) is 2.57. The Hall–Kier alpha value is 0.137. The number of hydrogen-bond donors (Lipinski definition) is 2. The first-order chi connectivity index (χ1) is 3.12. The lowest BCUT2D eigenvalue weighted by Crippen LogP contribution is -2.31. The zero-order valence-corrected chi connectivity index (χ0v) is 5.81. The fourth-order valence-corrected chi connectivity index (χ4v) is 0.750. The fraction of sp³-hybridized carbons (Fsp3) is 1.00. The van der Waals surface area contributed by atoms with Crippen LogP contribution in [0.3, 0.4) is 0 Å². The lowest BCUT2D eigenvalue weighted by atomic mass is 10.9. The molecule has 3 heteroatoms. The molecule has 0 aromatic carbocycles. The van der Waals surface area contributed by atoms with E-state index in [1.165, 1.54) is 0 Å². The second-order valence-electron chi connectivity index (χ2n) is 1.69. The van der Waals surface area contributed by atoms with Crippen LogP contribution in [0, 0.1) is 0 Å². The third-order valence-corrected chi connectivity index (χ3v) is 3.40. The van der Waals surface area contributed by atoms with Crippen LogP contribution in [0.25, 0.3) is 0 Å². The predicted molar refractivity (Wildman–Crippen MR) is 31.2 cm³/mol. The van der Waals surface area contributed by atoms with Crippen LogP contribution >= 0.6 is 0 Å². The highest BCUT2D eigenvalue weighted by Crippen LogP contribution is 2.04. The van der Waals surface area contributed by atoms with Gasteiger partial charge in [-0.25, -0.2) is 0 Å². The summed E-state index contributed by atoms with van der Waals surface area (Å²) in [5.74, 6) is 0. The minimum atomic E-state index is -2.65. The Balaban J connectivity index is 3.36. The highest BCUT2D eigenvalue weighted by atomic mass is 28.4. The summed E-state index contributed by atoms with van der Waals surface area (Å²) in [6, 6.07) is 1.09. The molecule has 0 saturated heterocycles. The van der Waals surface area contributed by atoms with Crippen molar-refractivity contribution in [2.24, 2.45) is 0 Å². The van der Waals surface area contributed by atoms with Gasteiger partial charge in [0.05, 0.1) is 0 Å². The van der Waals surface area contributed by atoms with Crippen LogP contribution < -0.4 is 0 Å². The van der Waals surface area contributed by atoms with Gasteiger partial charge in [0.25, 0.3) is 0 Å². The molecule has 2 nitrogen and oxygen atoms in total. The summed E-state index contributed by atoms with van der Waals surface area (Å²) in [5.41, 5.74) is 0. The molecule has 0 bridgehead atoms. The molecule has 0 aliphatic heterocycles. The summed E-state index contributed by atoms with van der Waals surface area (Å²) in [6.45, 7) is 3.60. The third-order valence-electron chi connectivity index (χ3n) is 1.13. The summed E-state index contributed by atoms with van der Waals surface area (Å²) in [5, 5.41) is 0. The molecule has 0 atom stereocenters. The Bertz CT molecular complexity index is 47.7. The molecule has 0 aliphatic rings. The van der Waals surface area contributed by atoms with Crippen molar-refractivity contribution < 1.29 is 9.59 Å². The van der Waals surface area contributed by atoms with Crippen molar-refractivity contribution in [3.8, 4) is 0 Å². The van der Waals surface area contributed by atoms with E-state index in [4.69, 9.17) is 9.59 Å². The number of hydrogen-bond acceptors (Lipinski definition) is 2. The van der Waals surface area contributed by atoms with E-state index in [-0.39, 0.29) is 0 Å². The molecule has 7 heavy (non-hydrogen) atoms. The van der Waals surface area contributed by atoms with E-state index >= 15 is 0 Å². The van der Waals surface area contributed by atoms with Crippen molar-refractivity contribution in [2.45, 2.75) is 25.9 Å². The van der Waals surface area contributed by atoms with Crippen molar-refractivity contribution >= 4 is 8.56 Å². The fourth-order valence-electron chi connectivity index (χ4n) is 0.250. The maximum absolute atomic E-state index is 8.83. The Kier molecular flexibility index (Phi) is 2.49. The predicted octanol–water partition coefficient (Wildman–Crippen LogP) is 0.453. The van der Waals surface area contributed by atoms with Crippen LogP contribution in [0.1, 0.15) is 13.8 Å². The van der Waals surface area contributed by atoms with E-state index in [2.05, 4.69) is 0 Å². The molecule has 0 saturated carbocycles. The van der Waals surface area contributed by atoms with Gasteiger partial charge in [-0.2, -0.15) is 0 Å². The Labute approximate surface area is 45.1 Å². The van der Waals surface area contributed by atoms with Crippen molar-refractivity contribution in [2.75, 3.05) is 0 Å². The largest absolute Gasteiger partial charge is 0.411 e. The average Bonchev–Trinajstić information content (AvgIpc) is 1.68. The normalized spacial score (nSPS) is 12.0. The van der Waals surface area contributed by atoms with Crippen molar-refractivity contribution in [1.82, 2.24) is 0 Å². The van der Waals surface area contributed by atoms with E-state index < -0.39 is 8.56 Å². The van der Waals surface area contributed by atoms with Gasteiger partial charge in [-0.05, 0) is 12.1 Å². The minimum absolute atomic E-state index is 0.545. The van der Waals surface area contributed by atoms with E-state index in [0.717, 1.165) is 0 Å². The molecule has 44 valence electrons. The van der Waals surface area contributed by atoms with Crippen molar-refractivity contribution in [1.29, 1.82) is 0 Å². The summed E-state index contributed by atoms with van der Waals surface area (Å²) in [7, 11) is -2.65. The molecule has 0 aliphatic carbocycles. The van der Waals surface area contributed by atoms with Gasteiger partial charge >= 0.3 is 8.56 Å². The molecule has 0 spiro atoms. The maximum Gasteiger partial charge on any atom is 0.332 e. The Morgan fingerprint density at radius 3 is 1.43 bits per heavy atom. The van der Waals surface area contributed by atoms with Crippen molar-refractivity contribution in [3.63, 3.8) is 0 Å². The van der Waals surface area contributed by atoms with Crippen LogP contribution in [0.4, 0.5) is 0 Å². The molecule has 0 amide bonds. The van der Waals surface area contributed by atoms with Gasteiger partial charge < -0.3 is 9.59 Å². The first kappa shape index (κ1) is 7.14. The van der Waals surface area contributed by atoms with E-state index in [1.807, 2.05) is 0 Å². The van der Waals surface area contributed by atoms with Gasteiger partial charge in [0.2, 0.25) is 0 Å². The molecule has 2 N–H and O–H groups in total. The highest BCUT2D eigenvalue weighted by molar-refractivity contribution is 6.64. The van der Waals surface area contributed by atoms with Gasteiger partial charge in [-0.15, -0.1) is 0 Å². The van der Waals surface area contributed by atoms with Gasteiger partial charge in [0, 0.05) is 0 Å². The summed E-state index contributed by atoms with van der Waals surface area (Å²) >= 11 is 0. The second kappa shape index (κ2) is 2.45. The molecule has 0 rings (SSSR count). The second-order valence-corrected chi connectivity index (χ2v) is 5.07. The smallest absolute Gasteiger partial charge is 0.332 e. The van der Waals surface area contributed by atoms with Crippen molar-refractivity contribution in [3.05, 3.63) is 0 Å². The van der Waals surface area contributed by atoms with E-state index in [1.54, 1.807) is 13.8 Å². The molecular weight excluding hydrogens is 108 g/mol. The Morgan fingerprint density at radius 2 is 1.43 bits per heavy atom. The minimum Gasteiger partial charge on any atom is -0.411 e. The quantitative estimate of drug-likeness (QED) is 0.519. The highest BCUT2D eigenvalue weighted by Gasteiger charge is 2.22. The average molecular weight is 120 g/mol. The standard InChI is InChI=1S/C4H12O2Si/c1-3-7(5,6)4-2/h5-6H,3-4H2,1-2H3. The van der Waals surface area contributed by atoms with E-state index in [0.29, 0.717) is 12.1 Å². The van der Waals surface area contributed by atoms with Gasteiger partial charge in [-0.1, -0.05) is 13.8 Å². The zero-order valence-electron chi connectivity index (χ0n) is 4.81. The SMILES string of the molecule is CC[Si](O)(O)CC. The summed E-state index contributed by atoms with van der Waals surface area (Å²) in [4.78, 5) is 17.7. The molecule has 0 aromatic rings. The molecular formula is C4H12O2Si. The number of rotatable bonds is 2. The van der Waals surface area contributed by atoms with Gasteiger partial charge in [0.15, 0.2) is 0 Å². The summed E-state index contributed by atoms with van der Waals surface area (Å²) in [6.07, 6.45) is 0. The Morgan fingerprint density at radius 1 is 1.14 bits per heavy atom. The first-order valence-corrected chi connectivity index (χ1v) is 4.88. The van der Waals surface area contributed by atoms with Gasteiger partial charge in [-0.3, -0.25) is 0 Å².